The van der Waals surface area contributed by atoms with Gasteiger partial charge in [0, 0.05) is 6.08 Å². The normalized spacial score (nSPS) is 30.8. The van der Waals surface area contributed by atoms with E-state index in [1.807, 2.05) is 13.0 Å². The van der Waals surface area contributed by atoms with Gasteiger partial charge in [-0.05, 0) is 56.6 Å². The summed E-state index contributed by atoms with van der Waals surface area (Å²) >= 11 is 0. The molecule has 34 heavy (non-hydrogen) atoms. The molecule has 0 saturated carbocycles. The van der Waals surface area contributed by atoms with Crippen LogP contribution in [0.4, 0.5) is 0 Å². The van der Waals surface area contributed by atoms with Crippen molar-refractivity contribution in [2.24, 2.45) is 5.41 Å². The lowest BCUT2D eigenvalue weighted by Gasteiger charge is -2.37. The summed E-state index contributed by atoms with van der Waals surface area (Å²) in [7, 11) is 0. The lowest BCUT2D eigenvalue weighted by molar-refractivity contribution is -0.284. The molecule has 5 atom stereocenters. The summed E-state index contributed by atoms with van der Waals surface area (Å²) in [5.74, 6) is -2.44. The molecule has 8 heteroatoms. The predicted octanol–water partition coefficient (Wildman–Crippen LogP) is 2.95. The molecule has 0 aromatic carbocycles. The minimum Gasteiger partial charge on any atom is -0.479 e. The second-order valence-electron chi connectivity index (χ2n) is 9.59. The monoisotopic (exact) mass is 476 g/mol. The second-order valence-corrected chi connectivity index (χ2v) is 9.59. The first-order chi connectivity index (χ1) is 15.8. The van der Waals surface area contributed by atoms with Crippen LogP contribution in [0.1, 0.15) is 53.9 Å². The lowest BCUT2D eigenvalue weighted by atomic mass is 9.72. The van der Waals surface area contributed by atoms with Gasteiger partial charge in [0.05, 0.1) is 0 Å². The standard InChI is InChI=1S/C26H36O8/c1-15(11-12-18-17(3)10-7-13-26(18,4)5)8-6-9-16(2)14-19(27)33-25-22(30)20(28)21(29)23(34-25)24(31)32/h6,8-9,11-12,14,20-23,25,28-30H,7,10,13H2,1-5H3,(H,31,32)/b9-6+,12-11-,15-8-,16-14+/t20-,21-,22+,23-,25+/m0/s1. The van der Waals surface area contributed by atoms with Crippen LogP contribution in [0.15, 0.2) is 58.7 Å². The molecular formula is C26H36O8. The molecule has 0 unspecified atom stereocenters. The highest BCUT2D eigenvalue weighted by atomic mass is 16.7. The number of allylic oxidation sites excluding steroid dienone is 9. The van der Waals surface area contributed by atoms with Crippen LogP contribution in [0.2, 0.25) is 0 Å². The number of ether oxygens (including phenoxy) is 2. The third-order valence-corrected chi connectivity index (χ3v) is 6.16. The summed E-state index contributed by atoms with van der Waals surface area (Å²) < 4.78 is 9.88. The molecule has 1 aliphatic heterocycles. The summed E-state index contributed by atoms with van der Waals surface area (Å²) in [6.45, 7) is 10.4. The molecule has 1 fully saturated rings. The Labute approximate surface area is 200 Å². The molecule has 8 nitrogen and oxygen atoms in total. The van der Waals surface area contributed by atoms with Gasteiger partial charge >= 0.3 is 11.9 Å². The molecule has 4 N–H and O–H groups in total. The maximum absolute atomic E-state index is 12.2. The maximum Gasteiger partial charge on any atom is 0.335 e. The molecule has 0 amide bonds. The van der Waals surface area contributed by atoms with Gasteiger partial charge in [-0.3, -0.25) is 0 Å². The number of carbonyl (C=O) groups is 2. The van der Waals surface area contributed by atoms with Crippen molar-refractivity contribution in [2.45, 2.75) is 84.6 Å². The van der Waals surface area contributed by atoms with E-state index in [-0.39, 0.29) is 5.41 Å². The van der Waals surface area contributed by atoms with Crippen LogP contribution < -0.4 is 0 Å². The molecule has 1 saturated heterocycles. The number of carboxylic acids is 1. The quantitative estimate of drug-likeness (QED) is 0.250. The first-order valence-corrected chi connectivity index (χ1v) is 11.4. The molecule has 2 aliphatic rings. The Morgan fingerprint density at radius 1 is 1.06 bits per heavy atom. The van der Waals surface area contributed by atoms with Gasteiger partial charge in [0.15, 0.2) is 6.10 Å². The summed E-state index contributed by atoms with van der Waals surface area (Å²) in [5, 5.41) is 38.5. The Morgan fingerprint density at radius 3 is 2.35 bits per heavy atom. The summed E-state index contributed by atoms with van der Waals surface area (Å²) in [5.41, 5.74) is 4.56. The van der Waals surface area contributed by atoms with Crippen molar-refractivity contribution in [3.05, 3.63) is 58.7 Å². The summed E-state index contributed by atoms with van der Waals surface area (Å²) in [4.78, 5) is 23.3. The zero-order chi connectivity index (χ0) is 25.6. The van der Waals surface area contributed by atoms with Gasteiger partial charge in [0.2, 0.25) is 6.29 Å². The van der Waals surface area contributed by atoms with Gasteiger partial charge in [-0.25, -0.2) is 9.59 Å². The van der Waals surface area contributed by atoms with Crippen molar-refractivity contribution in [1.29, 1.82) is 0 Å². The lowest BCUT2D eigenvalue weighted by Crippen LogP contribution is -2.60. The van der Waals surface area contributed by atoms with Gasteiger partial charge < -0.3 is 29.9 Å². The Bertz CT molecular complexity index is 921. The molecule has 0 aromatic heterocycles. The smallest absolute Gasteiger partial charge is 0.335 e. The van der Waals surface area contributed by atoms with E-state index in [9.17, 15) is 24.9 Å². The molecular weight excluding hydrogens is 440 g/mol. The Kier molecular flexibility index (Phi) is 9.58. The van der Waals surface area contributed by atoms with Crippen molar-refractivity contribution in [2.75, 3.05) is 0 Å². The molecule has 188 valence electrons. The fourth-order valence-corrected chi connectivity index (χ4v) is 4.16. The SMILES string of the molecule is CC1=C(\C=C/C(C)=C\C=C\C(C)=C\C(=O)O[C@@H]2O[C@H](C(=O)O)[C@@H](O)[C@H](O)[C@H]2O)C(C)(C)CCC1. The molecule has 2 rings (SSSR count). The van der Waals surface area contributed by atoms with Gasteiger partial charge in [-0.15, -0.1) is 0 Å². The van der Waals surface area contributed by atoms with Crippen molar-refractivity contribution in [1.82, 2.24) is 0 Å². The van der Waals surface area contributed by atoms with Gasteiger partial charge in [0.1, 0.15) is 18.3 Å². The predicted molar refractivity (Wildman–Crippen MR) is 127 cm³/mol. The highest BCUT2D eigenvalue weighted by molar-refractivity contribution is 5.83. The third-order valence-electron chi connectivity index (χ3n) is 6.16. The van der Waals surface area contributed by atoms with Gasteiger partial charge in [-0.2, -0.15) is 0 Å². The second kappa shape index (κ2) is 11.8. The van der Waals surface area contributed by atoms with Crippen LogP contribution in [-0.4, -0.2) is 63.1 Å². The number of hydrogen-bond donors (Lipinski definition) is 4. The average Bonchev–Trinajstić information content (AvgIpc) is 2.73. The largest absolute Gasteiger partial charge is 0.479 e. The number of carbonyl (C=O) groups excluding carboxylic acids is 1. The van der Waals surface area contributed by atoms with Gasteiger partial charge in [0.25, 0.3) is 0 Å². The molecule has 1 aliphatic carbocycles. The Balaban J connectivity index is 1.98. The van der Waals surface area contributed by atoms with Crippen LogP contribution in [0.3, 0.4) is 0 Å². The van der Waals surface area contributed by atoms with E-state index >= 15 is 0 Å². The maximum atomic E-state index is 12.2. The van der Waals surface area contributed by atoms with Crippen LogP contribution in [0.5, 0.6) is 0 Å². The Hall–Kier alpha value is -2.52. The van der Waals surface area contributed by atoms with E-state index in [1.54, 1.807) is 19.1 Å². The number of rotatable bonds is 7. The van der Waals surface area contributed by atoms with Crippen molar-refractivity contribution in [3.8, 4) is 0 Å². The molecule has 1 heterocycles. The molecule has 0 aromatic rings. The van der Waals surface area contributed by atoms with E-state index in [2.05, 4.69) is 32.9 Å². The van der Waals surface area contributed by atoms with Crippen molar-refractivity contribution in [3.63, 3.8) is 0 Å². The highest BCUT2D eigenvalue weighted by Gasteiger charge is 2.48. The zero-order valence-corrected chi connectivity index (χ0v) is 20.4. The molecule has 0 radical (unpaired) electrons. The fourth-order valence-electron chi connectivity index (χ4n) is 4.16. The fraction of sp³-hybridized carbons (Fsp3) is 0.538. The molecule has 0 spiro atoms. The van der Waals surface area contributed by atoms with Crippen LogP contribution in [0, 0.1) is 5.41 Å². The minimum atomic E-state index is -1.85. The van der Waals surface area contributed by atoms with E-state index in [1.165, 1.54) is 24.0 Å². The van der Waals surface area contributed by atoms with E-state index in [0.717, 1.165) is 18.1 Å². The number of hydrogen-bond acceptors (Lipinski definition) is 7. The first kappa shape index (κ1) is 27.7. The topological polar surface area (TPSA) is 134 Å². The minimum absolute atomic E-state index is 0.170. The number of aliphatic hydroxyl groups excluding tert-OH is 3. The number of carboxylic acid groups (broad SMARTS) is 1. The number of esters is 1. The van der Waals surface area contributed by atoms with Crippen molar-refractivity contribution < 1.29 is 39.5 Å². The van der Waals surface area contributed by atoms with Gasteiger partial charge in [-0.1, -0.05) is 55.4 Å². The van der Waals surface area contributed by atoms with Crippen molar-refractivity contribution >= 4 is 11.9 Å². The molecule has 0 bridgehead atoms. The number of aliphatic carboxylic acids is 1. The first-order valence-electron chi connectivity index (χ1n) is 11.4. The van der Waals surface area contributed by atoms with Crippen LogP contribution in [0.25, 0.3) is 0 Å². The highest BCUT2D eigenvalue weighted by Crippen LogP contribution is 2.40. The summed E-state index contributed by atoms with van der Waals surface area (Å²) in [6, 6.07) is 0. The number of aliphatic hydroxyl groups is 3. The van der Waals surface area contributed by atoms with E-state index in [0.29, 0.717) is 5.57 Å². The van der Waals surface area contributed by atoms with Crippen LogP contribution >= 0.6 is 0 Å². The Morgan fingerprint density at radius 2 is 1.74 bits per heavy atom. The van der Waals surface area contributed by atoms with E-state index < -0.39 is 42.6 Å². The third kappa shape index (κ3) is 7.24. The summed E-state index contributed by atoms with van der Waals surface area (Å²) in [6.07, 6.45) is 5.29. The van der Waals surface area contributed by atoms with E-state index in [4.69, 9.17) is 14.6 Å². The zero-order valence-electron chi connectivity index (χ0n) is 20.4. The average molecular weight is 477 g/mol. The van der Waals surface area contributed by atoms with Crippen LogP contribution in [-0.2, 0) is 19.1 Å².